The van der Waals surface area contributed by atoms with Gasteiger partial charge in [-0.25, -0.2) is 0 Å². The normalized spacial score (nSPS) is 15.7. The second kappa shape index (κ2) is 5.00. The zero-order valence-electron chi connectivity index (χ0n) is 12.0. The lowest BCUT2D eigenvalue weighted by molar-refractivity contribution is 0.137. The number of nitrogens with one attached hydrogen (secondary N) is 1. The highest BCUT2D eigenvalue weighted by molar-refractivity contribution is 5.83. The topological polar surface area (TPSA) is 58.0 Å². The van der Waals surface area contributed by atoms with Gasteiger partial charge in [-0.15, -0.1) is 0 Å². The first-order chi connectivity index (χ1) is 10.3. The van der Waals surface area contributed by atoms with Crippen LogP contribution in [0.2, 0.25) is 0 Å². The number of hydrogen-bond donors (Lipinski definition) is 1. The zero-order valence-corrected chi connectivity index (χ0v) is 12.0. The Balaban J connectivity index is 1.55. The van der Waals surface area contributed by atoms with Crippen molar-refractivity contribution >= 4 is 10.9 Å². The number of H-pyrrole nitrogens is 1. The first-order valence-corrected chi connectivity index (χ1v) is 7.40. The molecule has 1 aliphatic carbocycles. The monoisotopic (exact) mass is 282 g/mol. The van der Waals surface area contributed by atoms with Gasteiger partial charge in [0.25, 0.3) is 0 Å². The molecule has 1 N–H and O–H groups in total. The maximum Gasteiger partial charge on any atom is 0.241 e. The minimum Gasteiger partial charge on any atom is -0.361 e. The highest BCUT2D eigenvalue weighted by Crippen LogP contribution is 2.25. The van der Waals surface area contributed by atoms with Crippen molar-refractivity contribution in [1.82, 2.24) is 20.0 Å². The van der Waals surface area contributed by atoms with E-state index in [0.29, 0.717) is 17.8 Å². The minimum absolute atomic E-state index is 0.656. The van der Waals surface area contributed by atoms with Crippen molar-refractivity contribution < 1.29 is 4.52 Å². The van der Waals surface area contributed by atoms with Crippen molar-refractivity contribution in [2.45, 2.75) is 31.8 Å². The van der Waals surface area contributed by atoms with Gasteiger partial charge in [-0.3, -0.25) is 4.90 Å². The second-order valence-electron chi connectivity index (χ2n) is 5.79. The molecule has 108 valence electrons. The van der Waals surface area contributed by atoms with Gasteiger partial charge in [0, 0.05) is 23.3 Å². The summed E-state index contributed by atoms with van der Waals surface area (Å²) in [6.45, 7) is 0.725. The van der Waals surface area contributed by atoms with E-state index in [4.69, 9.17) is 4.52 Å². The van der Waals surface area contributed by atoms with Crippen molar-refractivity contribution in [3.05, 3.63) is 36.4 Å². The zero-order chi connectivity index (χ0) is 14.2. The van der Waals surface area contributed by atoms with E-state index in [1.54, 1.807) is 0 Å². The average Bonchev–Trinajstić information content (AvgIpc) is 3.03. The lowest BCUT2D eigenvalue weighted by atomic mass is 9.92. The molecule has 0 amide bonds. The van der Waals surface area contributed by atoms with Crippen LogP contribution in [0.4, 0.5) is 0 Å². The average molecular weight is 282 g/mol. The Hall–Kier alpha value is -2.14. The van der Waals surface area contributed by atoms with E-state index in [1.807, 2.05) is 18.3 Å². The first kappa shape index (κ1) is 12.6. The summed E-state index contributed by atoms with van der Waals surface area (Å²) < 4.78 is 5.39. The van der Waals surface area contributed by atoms with Crippen molar-refractivity contribution in [2.24, 2.45) is 0 Å². The van der Waals surface area contributed by atoms with Crippen LogP contribution in [0, 0.1) is 0 Å². The molecule has 0 spiro atoms. The molecule has 5 heteroatoms. The standard InChI is InChI=1S/C16H18N4O/c1-20(13-3-2-4-13)10-15-18-16(19-21-15)12-6-5-11-7-8-17-14(11)9-12/h5-9,13,17H,2-4,10H2,1H3. The summed E-state index contributed by atoms with van der Waals surface area (Å²) in [5.74, 6) is 1.34. The molecule has 1 fully saturated rings. The lowest BCUT2D eigenvalue weighted by Crippen LogP contribution is -2.36. The molecule has 0 radical (unpaired) electrons. The number of aromatic amines is 1. The van der Waals surface area contributed by atoms with E-state index in [-0.39, 0.29) is 0 Å². The summed E-state index contributed by atoms with van der Waals surface area (Å²) in [7, 11) is 2.12. The van der Waals surface area contributed by atoms with Crippen LogP contribution in [0.25, 0.3) is 22.3 Å². The fourth-order valence-corrected chi connectivity index (χ4v) is 2.79. The number of benzene rings is 1. The second-order valence-corrected chi connectivity index (χ2v) is 5.79. The number of hydrogen-bond acceptors (Lipinski definition) is 4. The smallest absolute Gasteiger partial charge is 0.241 e. The van der Waals surface area contributed by atoms with Crippen molar-refractivity contribution in [3.8, 4) is 11.4 Å². The van der Waals surface area contributed by atoms with Gasteiger partial charge >= 0.3 is 0 Å². The quantitative estimate of drug-likeness (QED) is 0.798. The molecule has 0 atom stereocenters. The fraction of sp³-hybridized carbons (Fsp3) is 0.375. The molecule has 0 bridgehead atoms. The molecule has 1 aromatic carbocycles. The Morgan fingerprint density at radius 1 is 1.33 bits per heavy atom. The molecule has 3 aromatic rings. The van der Waals surface area contributed by atoms with Gasteiger partial charge in [0.2, 0.25) is 11.7 Å². The molecular formula is C16H18N4O. The molecule has 0 aliphatic heterocycles. The Morgan fingerprint density at radius 3 is 3.05 bits per heavy atom. The third-order valence-corrected chi connectivity index (χ3v) is 4.36. The SMILES string of the molecule is CN(Cc1nc(-c2ccc3cc[nH]c3c2)no1)C1CCC1. The third kappa shape index (κ3) is 2.34. The van der Waals surface area contributed by atoms with Gasteiger partial charge in [0.15, 0.2) is 0 Å². The summed E-state index contributed by atoms with van der Waals surface area (Å²) in [6.07, 6.45) is 5.83. The Kier molecular flexibility index (Phi) is 3.00. The molecule has 0 saturated heterocycles. The van der Waals surface area contributed by atoms with Gasteiger partial charge in [-0.05, 0) is 37.4 Å². The number of aromatic nitrogens is 3. The van der Waals surface area contributed by atoms with Gasteiger partial charge in [-0.2, -0.15) is 4.98 Å². The highest BCUT2D eigenvalue weighted by atomic mass is 16.5. The summed E-state index contributed by atoms with van der Waals surface area (Å²) in [4.78, 5) is 10.0. The lowest BCUT2D eigenvalue weighted by Gasteiger charge is -2.33. The third-order valence-electron chi connectivity index (χ3n) is 4.36. The van der Waals surface area contributed by atoms with Crippen LogP contribution >= 0.6 is 0 Å². The molecule has 2 aromatic heterocycles. The van der Waals surface area contributed by atoms with E-state index in [0.717, 1.165) is 17.6 Å². The maximum atomic E-state index is 5.39. The van der Waals surface area contributed by atoms with Crippen molar-refractivity contribution in [1.29, 1.82) is 0 Å². The number of rotatable bonds is 4. The van der Waals surface area contributed by atoms with E-state index < -0.39 is 0 Å². The number of fused-ring (bicyclic) bond motifs is 1. The summed E-state index contributed by atoms with van der Waals surface area (Å²) in [5.41, 5.74) is 2.07. The van der Waals surface area contributed by atoms with Gasteiger partial charge in [0.1, 0.15) is 0 Å². The van der Waals surface area contributed by atoms with Crippen molar-refractivity contribution in [3.63, 3.8) is 0 Å². The fourth-order valence-electron chi connectivity index (χ4n) is 2.79. The van der Waals surface area contributed by atoms with E-state index >= 15 is 0 Å². The van der Waals surface area contributed by atoms with Gasteiger partial charge in [-0.1, -0.05) is 23.7 Å². The Morgan fingerprint density at radius 2 is 2.24 bits per heavy atom. The van der Waals surface area contributed by atoms with E-state index in [2.05, 4.69) is 39.2 Å². The molecule has 1 saturated carbocycles. The molecule has 1 aliphatic rings. The maximum absolute atomic E-state index is 5.39. The van der Waals surface area contributed by atoms with E-state index in [9.17, 15) is 0 Å². The van der Waals surface area contributed by atoms with Crippen molar-refractivity contribution in [2.75, 3.05) is 7.05 Å². The van der Waals surface area contributed by atoms with Gasteiger partial charge < -0.3 is 9.51 Å². The van der Waals surface area contributed by atoms with Crippen LogP contribution in [-0.2, 0) is 6.54 Å². The highest BCUT2D eigenvalue weighted by Gasteiger charge is 2.23. The minimum atomic E-state index is 0.656. The largest absolute Gasteiger partial charge is 0.361 e. The molecule has 0 unspecified atom stereocenters. The number of nitrogens with zero attached hydrogens (tertiary/aromatic N) is 3. The summed E-state index contributed by atoms with van der Waals surface area (Å²) in [5, 5.41) is 5.29. The van der Waals surface area contributed by atoms with Crippen LogP contribution in [0.3, 0.4) is 0 Å². The van der Waals surface area contributed by atoms with Gasteiger partial charge in [0.05, 0.1) is 6.54 Å². The predicted octanol–water partition coefficient (Wildman–Crippen LogP) is 3.20. The predicted molar refractivity (Wildman–Crippen MR) is 80.7 cm³/mol. The van der Waals surface area contributed by atoms with Crippen LogP contribution in [-0.4, -0.2) is 33.1 Å². The van der Waals surface area contributed by atoms with Crippen LogP contribution in [0.5, 0.6) is 0 Å². The molecule has 2 heterocycles. The van der Waals surface area contributed by atoms with Crippen LogP contribution in [0.15, 0.2) is 35.0 Å². The molecule has 5 nitrogen and oxygen atoms in total. The molecule has 21 heavy (non-hydrogen) atoms. The Bertz CT molecular complexity index is 756. The van der Waals surface area contributed by atoms with E-state index in [1.165, 1.54) is 24.6 Å². The van der Waals surface area contributed by atoms with Crippen LogP contribution in [0.1, 0.15) is 25.2 Å². The molecule has 4 rings (SSSR count). The van der Waals surface area contributed by atoms with Crippen LogP contribution < -0.4 is 0 Å². The molecular weight excluding hydrogens is 264 g/mol. The first-order valence-electron chi connectivity index (χ1n) is 7.40. The Labute approximate surface area is 123 Å². The summed E-state index contributed by atoms with van der Waals surface area (Å²) >= 11 is 0. The summed E-state index contributed by atoms with van der Waals surface area (Å²) in [6, 6.07) is 8.88.